The highest BCUT2D eigenvalue weighted by molar-refractivity contribution is 5.70. The van der Waals surface area contributed by atoms with Crippen LogP contribution in [0.2, 0.25) is 0 Å². The minimum absolute atomic E-state index is 0.160. The van der Waals surface area contributed by atoms with Crippen molar-refractivity contribution in [2.24, 2.45) is 0 Å². The van der Waals surface area contributed by atoms with Gasteiger partial charge in [0, 0.05) is 26.2 Å². The number of ether oxygens (including phenoxy) is 1. The zero-order chi connectivity index (χ0) is 16.9. The van der Waals surface area contributed by atoms with Crippen molar-refractivity contribution in [2.45, 2.75) is 25.1 Å². The fraction of sp³-hybridized carbons (Fsp3) is 0.350. The van der Waals surface area contributed by atoms with Crippen molar-refractivity contribution in [3.05, 3.63) is 59.7 Å². The monoisotopic (exact) mass is 322 g/mol. The first-order valence-corrected chi connectivity index (χ1v) is 8.21. The highest BCUT2D eigenvalue weighted by Gasteiger charge is 2.31. The van der Waals surface area contributed by atoms with E-state index in [0.717, 1.165) is 30.6 Å². The lowest BCUT2D eigenvalue weighted by atomic mass is 9.99. The number of aliphatic hydroxyl groups is 1. The highest BCUT2D eigenvalue weighted by Crippen LogP contribution is 2.26. The van der Waals surface area contributed by atoms with Crippen LogP contribution in [0, 0.1) is 11.3 Å². The molecule has 0 radical (unpaired) electrons. The Balaban J connectivity index is 1.74. The molecule has 4 heteroatoms. The van der Waals surface area contributed by atoms with E-state index in [9.17, 15) is 10.4 Å². The zero-order valence-electron chi connectivity index (χ0n) is 13.9. The van der Waals surface area contributed by atoms with E-state index in [1.807, 2.05) is 24.3 Å². The van der Waals surface area contributed by atoms with Crippen LogP contribution in [0.5, 0.6) is 0 Å². The van der Waals surface area contributed by atoms with Gasteiger partial charge in [-0.15, -0.1) is 0 Å². The standard InChI is InChI=1S/C20H22N2O2/c1-24-19-10-18(14-23)22(13-19)12-15-6-8-16(9-7-15)20-5-3-2-4-17(20)11-21/h2-9,18-19,23H,10,12-14H2,1H3/t18-,19-/m0/s1. The van der Waals surface area contributed by atoms with Crippen molar-refractivity contribution in [2.75, 3.05) is 20.3 Å². The molecule has 0 aromatic heterocycles. The molecule has 0 saturated carbocycles. The van der Waals surface area contributed by atoms with Crippen LogP contribution in [0.15, 0.2) is 48.5 Å². The Labute approximate surface area is 142 Å². The summed E-state index contributed by atoms with van der Waals surface area (Å²) in [5.74, 6) is 0. The fourth-order valence-corrected chi connectivity index (χ4v) is 3.35. The van der Waals surface area contributed by atoms with Gasteiger partial charge < -0.3 is 9.84 Å². The van der Waals surface area contributed by atoms with Crippen LogP contribution >= 0.6 is 0 Å². The second-order valence-electron chi connectivity index (χ2n) is 6.21. The molecule has 0 bridgehead atoms. The molecule has 0 unspecified atom stereocenters. The average molecular weight is 322 g/mol. The SMILES string of the molecule is CO[C@H]1C[C@@H](CO)N(Cc2ccc(-c3ccccc3C#N)cc2)C1. The topological polar surface area (TPSA) is 56.5 Å². The summed E-state index contributed by atoms with van der Waals surface area (Å²) in [6, 6.07) is 18.3. The molecule has 0 aliphatic carbocycles. The maximum Gasteiger partial charge on any atom is 0.0998 e. The highest BCUT2D eigenvalue weighted by atomic mass is 16.5. The molecule has 1 fully saturated rings. The lowest BCUT2D eigenvalue weighted by molar-refractivity contribution is 0.107. The number of hydrogen-bond acceptors (Lipinski definition) is 4. The molecule has 3 rings (SSSR count). The van der Waals surface area contributed by atoms with Gasteiger partial charge in [0.05, 0.1) is 24.3 Å². The molecular formula is C20H22N2O2. The fourth-order valence-electron chi connectivity index (χ4n) is 3.35. The number of methoxy groups -OCH3 is 1. The molecule has 124 valence electrons. The number of benzene rings is 2. The Morgan fingerprint density at radius 3 is 2.62 bits per heavy atom. The van der Waals surface area contributed by atoms with Gasteiger partial charge in [-0.1, -0.05) is 42.5 Å². The molecule has 1 saturated heterocycles. The van der Waals surface area contributed by atoms with Gasteiger partial charge in [0.25, 0.3) is 0 Å². The summed E-state index contributed by atoms with van der Waals surface area (Å²) in [5, 5.41) is 18.8. The van der Waals surface area contributed by atoms with Gasteiger partial charge >= 0.3 is 0 Å². The summed E-state index contributed by atoms with van der Waals surface area (Å²) >= 11 is 0. The normalized spacial score (nSPS) is 20.9. The van der Waals surface area contributed by atoms with Crippen molar-refractivity contribution >= 4 is 0 Å². The molecule has 2 atom stereocenters. The molecular weight excluding hydrogens is 300 g/mol. The predicted octanol–water partition coefficient (Wildman–Crippen LogP) is 2.81. The lowest BCUT2D eigenvalue weighted by Gasteiger charge is -2.22. The lowest BCUT2D eigenvalue weighted by Crippen LogP contribution is -2.31. The molecule has 0 spiro atoms. The van der Waals surface area contributed by atoms with Crippen LogP contribution in [0.3, 0.4) is 0 Å². The molecule has 1 N–H and O–H groups in total. The third kappa shape index (κ3) is 3.49. The zero-order valence-corrected chi connectivity index (χ0v) is 13.9. The molecule has 4 nitrogen and oxygen atoms in total. The van der Waals surface area contributed by atoms with Gasteiger partial charge in [-0.25, -0.2) is 0 Å². The van der Waals surface area contributed by atoms with E-state index in [2.05, 4.69) is 35.2 Å². The van der Waals surface area contributed by atoms with Crippen LogP contribution in [-0.2, 0) is 11.3 Å². The summed E-state index contributed by atoms with van der Waals surface area (Å²) in [4.78, 5) is 2.27. The van der Waals surface area contributed by atoms with E-state index in [1.165, 1.54) is 5.56 Å². The number of rotatable bonds is 5. The Bertz CT molecular complexity index is 721. The van der Waals surface area contributed by atoms with E-state index < -0.39 is 0 Å². The number of hydrogen-bond donors (Lipinski definition) is 1. The van der Waals surface area contributed by atoms with Gasteiger partial charge in [-0.05, 0) is 29.2 Å². The Morgan fingerprint density at radius 1 is 1.21 bits per heavy atom. The van der Waals surface area contributed by atoms with Gasteiger partial charge in [0.2, 0.25) is 0 Å². The maximum atomic E-state index is 9.55. The van der Waals surface area contributed by atoms with Crippen LogP contribution in [0.1, 0.15) is 17.5 Å². The number of likely N-dealkylation sites (tertiary alicyclic amines) is 1. The summed E-state index contributed by atoms with van der Waals surface area (Å²) in [7, 11) is 1.73. The maximum absolute atomic E-state index is 9.55. The Hall–Kier alpha value is -2.19. The third-order valence-corrected chi connectivity index (χ3v) is 4.73. The number of nitriles is 1. The smallest absolute Gasteiger partial charge is 0.0998 e. The predicted molar refractivity (Wildman–Crippen MR) is 93.3 cm³/mol. The van der Waals surface area contributed by atoms with Crippen LogP contribution < -0.4 is 0 Å². The van der Waals surface area contributed by atoms with Crippen LogP contribution in [0.25, 0.3) is 11.1 Å². The second kappa shape index (κ2) is 7.59. The van der Waals surface area contributed by atoms with Gasteiger partial charge in [0.1, 0.15) is 0 Å². The van der Waals surface area contributed by atoms with Crippen molar-refractivity contribution in [3.63, 3.8) is 0 Å². The Kier molecular flexibility index (Phi) is 5.27. The van der Waals surface area contributed by atoms with E-state index in [1.54, 1.807) is 7.11 Å². The van der Waals surface area contributed by atoms with E-state index >= 15 is 0 Å². The first-order chi connectivity index (χ1) is 11.7. The van der Waals surface area contributed by atoms with Gasteiger partial charge in [-0.2, -0.15) is 5.26 Å². The molecule has 2 aromatic rings. The van der Waals surface area contributed by atoms with E-state index in [0.29, 0.717) is 5.56 Å². The molecule has 2 aromatic carbocycles. The molecule has 1 aliphatic heterocycles. The summed E-state index contributed by atoms with van der Waals surface area (Å²) in [6.07, 6.45) is 1.07. The molecule has 1 heterocycles. The van der Waals surface area contributed by atoms with Gasteiger partial charge in [0.15, 0.2) is 0 Å². The number of nitrogens with zero attached hydrogens (tertiary/aromatic N) is 2. The van der Waals surface area contributed by atoms with E-state index in [-0.39, 0.29) is 18.8 Å². The first-order valence-electron chi connectivity index (χ1n) is 8.21. The Morgan fingerprint density at radius 2 is 1.96 bits per heavy atom. The summed E-state index contributed by atoms with van der Waals surface area (Å²) in [6.45, 7) is 1.81. The van der Waals surface area contributed by atoms with Crippen LogP contribution in [0.4, 0.5) is 0 Å². The van der Waals surface area contributed by atoms with Crippen molar-refractivity contribution in [1.29, 1.82) is 5.26 Å². The van der Waals surface area contributed by atoms with Crippen molar-refractivity contribution < 1.29 is 9.84 Å². The second-order valence-corrected chi connectivity index (χ2v) is 6.21. The largest absolute Gasteiger partial charge is 0.395 e. The molecule has 24 heavy (non-hydrogen) atoms. The minimum Gasteiger partial charge on any atom is -0.395 e. The minimum atomic E-state index is 0.160. The summed E-state index contributed by atoms with van der Waals surface area (Å²) in [5.41, 5.74) is 3.89. The molecule has 0 amide bonds. The third-order valence-electron chi connectivity index (χ3n) is 4.73. The summed E-state index contributed by atoms with van der Waals surface area (Å²) < 4.78 is 5.43. The van der Waals surface area contributed by atoms with Crippen molar-refractivity contribution in [3.8, 4) is 17.2 Å². The first kappa shape index (κ1) is 16.7. The number of aliphatic hydroxyl groups excluding tert-OH is 1. The van der Waals surface area contributed by atoms with Crippen LogP contribution in [-0.4, -0.2) is 42.4 Å². The van der Waals surface area contributed by atoms with Crippen molar-refractivity contribution in [1.82, 2.24) is 4.90 Å². The van der Waals surface area contributed by atoms with E-state index in [4.69, 9.17) is 4.74 Å². The molecule has 1 aliphatic rings. The average Bonchev–Trinajstić information content (AvgIpc) is 3.04. The van der Waals surface area contributed by atoms with Gasteiger partial charge in [-0.3, -0.25) is 4.90 Å². The quantitative estimate of drug-likeness (QED) is 0.920.